The highest BCUT2D eigenvalue weighted by Gasteiger charge is 2.16. The summed E-state index contributed by atoms with van der Waals surface area (Å²) in [6, 6.07) is 4.33. The third-order valence-corrected chi connectivity index (χ3v) is 3.27. The van der Waals surface area contributed by atoms with E-state index in [1.165, 1.54) is 5.56 Å². The molecular formula is C16H26N2O. The summed E-state index contributed by atoms with van der Waals surface area (Å²) < 4.78 is 0. The lowest BCUT2D eigenvalue weighted by Gasteiger charge is -2.22. The van der Waals surface area contributed by atoms with Crippen LogP contribution in [0.25, 0.3) is 0 Å². The zero-order chi connectivity index (χ0) is 14.6. The minimum Gasteiger partial charge on any atom is -0.326 e. The first-order valence-electron chi connectivity index (χ1n) is 6.82. The van der Waals surface area contributed by atoms with Crippen molar-refractivity contribution in [3.05, 3.63) is 28.8 Å². The van der Waals surface area contributed by atoms with Crippen molar-refractivity contribution in [1.29, 1.82) is 0 Å². The van der Waals surface area contributed by atoms with Crippen molar-refractivity contribution < 1.29 is 4.79 Å². The fraction of sp³-hybridized carbons (Fsp3) is 0.562. The van der Waals surface area contributed by atoms with Crippen LogP contribution in [0.1, 0.15) is 43.9 Å². The zero-order valence-electron chi connectivity index (χ0n) is 13.0. The first-order valence-corrected chi connectivity index (χ1v) is 6.82. The SMILES string of the molecule is CNCCC(=O)Nc1c(C)cc(C(C)(C)C)cc1C. The molecule has 0 unspecified atom stereocenters. The van der Waals surface area contributed by atoms with Gasteiger partial charge in [-0.2, -0.15) is 0 Å². The second-order valence-electron chi connectivity index (χ2n) is 6.14. The minimum atomic E-state index is 0.0593. The average Bonchev–Trinajstić information content (AvgIpc) is 2.29. The number of amides is 1. The lowest BCUT2D eigenvalue weighted by atomic mass is 9.85. The molecule has 0 spiro atoms. The van der Waals surface area contributed by atoms with E-state index in [1.54, 1.807) is 0 Å². The van der Waals surface area contributed by atoms with Crippen molar-refractivity contribution in [2.24, 2.45) is 0 Å². The molecule has 0 heterocycles. The van der Waals surface area contributed by atoms with Gasteiger partial charge in [0, 0.05) is 18.7 Å². The van der Waals surface area contributed by atoms with Crippen LogP contribution in [-0.2, 0) is 10.2 Å². The van der Waals surface area contributed by atoms with E-state index < -0.39 is 0 Å². The third-order valence-electron chi connectivity index (χ3n) is 3.27. The molecule has 0 bridgehead atoms. The number of nitrogens with one attached hydrogen (secondary N) is 2. The van der Waals surface area contributed by atoms with Crippen LogP contribution in [0, 0.1) is 13.8 Å². The monoisotopic (exact) mass is 262 g/mol. The summed E-state index contributed by atoms with van der Waals surface area (Å²) in [6.07, 6.45) is 0.496. The Morgan fingerprint density at radius 2 is 1.68 bits per heavy atom. The summed E-state index contributed by atoms with van der Waals surface area (Å²) in [4.78, 5) is 11.8. The Morgan fingerprint density at radius 1 is 1.16 bits per heavy atom. The second-order valence-corrected chi connectivity index (χ2v) is 6.14. The predicted molar refractivity (Wildman–Crippen MR) is 81.8 cm³/mol. The van der Waals surface area contributed by atoms with Gasteiger partial charge in [0.2, 0.25) is 5.91 Å². The molecule has 0 saturated heterocycles. The predicted octanol–water partition coefficient (Wildman–Crippen LogP) is 3.15. The van der Waals surface area contributed by atoms with E-state index in [4.69, 9.17) is 0 Å². The first-order chi connectivity index (χ1) is 8.75. The molecule has 0 radical (unpaired) electrons. The molecule has 1 aromatic rings. The van der Waals surface area contributed by atoms with Gasteiger partial charge in [-0.1, -0.05) is 32.9 Å². The van der Waals surface area contributed by atoms with Crippen LogP contribution in [0.15, 0.2) is 12.1 Å². The van der Waals surface area contributed by atoms with Crippen LogP contribution < -0.4 is 10.6 Å². The summed E-state index contributed by atoms with van der Waals surface area (Å²) in [7, 11) is 1.85. The minimum absolute atomic E-state index is 0.0593. The van der Waals surface area contributed by atoms with Crippen LogP contribution in [0.5, 0.6) is 0 Å². The topological polar surface area (TPSA) is 41.1 Å². The molecule has 1 amide bonds. The number of carbonyl (C=O) groups excluding carboxylic acids is 1. The van der Waals surface area contributed by atoms with Gasteiger partial charge in [0.15, 0.2) is 0 Å². The van der Waals surface area contributed by atoms with E-state index in [-0.39, 0.29) is 11.3 Å². The first kappa shape index (κ1) is 15.7. The molecule has 3 heteroatoms. The Balaban J connectivity index is 2.95. The van der Waals surface area contributed by atoms with Crippen molar-refractivity contribution in [3.63, 3.8) is 0 Å². The average molecular weight is 262 g/mol. The molecule has 0 aliphatic carbocycles. The summed E-state index contributed by atoms with van der Waals surface area (Å²) in [6.45, 7) is 11.4. The largest absolute Gasteiger partial charge is 0.326 e. The standard InChI is InChI=1S/C16H26N2O/c1-11-9-13(16(3,4)5)10-12(2)15(11)18-14(19)7-8-17-6/h9-10,17H,7-8H2,1-6H3,(H,18,19). The van der Waals surface area contributed by atoms with Crippen LogP contribution in [0.2, 0.25) is 0 Å². The Morgan fingerprint density at radius 3 is 2.11 bits per heavy atom. The third kappa shape index (κ3) is 4.35. The van der Waals surface area contributed by atoms with E-state index in [9.17, 15) is 4.79 Å². The molecule has 1 aromatic carbocycles. The van der Waals surface area contributed by atoms with Gasteiger partial charge in [-0.3, -0.25) is 4.79 Å². The Kier molecular flexibility index (Phi) is 5.12. The fourth-order valence-electron chi connectivity index (χ4n) is 2.03. The molecule has 0 atom stereocenters. The lowest BCUT2D eigenvalue weighted by molar-refractivity contribution is -0.116. The molecule has 1 rings (SSSR count). The molecule has 3 nitrogen and oxygen atoms in total. The smallest absolute Gasteiger partial charge is 0.225 e. The quantitative estimate of drug-likeness (QED) is 0.875. The number of hydrogen-bond donors (Lipinski definition) is 2. The molecule has 0 saturated carbocycles. The normalized spacial score (nSPS) is 11.5. The summed E-state index contributed by atoms with van der Waals surface area (Å²) in [5, 5.41) is 5.99. The highest BCUT2D eigenvalue weighted by atomic mass is 16.1. The molecule has 0 fully saturated rings. The van der Waals surface area contributed by atoms with Crippen LogP contribution in [0.3, 0.4) is 0 Å². The van der Waals surface area contributed by atoms with Crippen molar-refractivity contribution >= 4 is 11.6 Å². The van der Waals surface area contributed by atoms with Gasteiger partial charge in [-0.15, -0.1) is 0 Å². The maximum atomic E-state index is 11.8. The van der Waals surface area contributed by atoms with Crippen molar-refractivity contribution in [2.75, 3.05) is 18.9 Å². The molecule has 19 heavy (non-hydrogen) atoms. The Hall–Kier alpha value is -1.35. The number of hydrogen-bond acceptors (Lipinski definition) is 2. The summed E-state index contributed by atoms with van der Waals surface area (Å²) in [5.74, 6) is 0.0593. The van der Waals surface area contributed by atoms with Crippen LogP contribution >= 0.6 is 0 Å². The van der Waals surface area contributed by atoms with Gasteiger partial charge in [0.25, 0.3) is 0 Å². The summed E-state index contributed by atoms with van der Waals surface area (Å²) >= 11 is 0. The Bertz CT molecular complexity index is 435. The van der Waals surface area contributed by atoms with E-state index in [2.05, 4.69) is 57.4 Å². The highest BCUT2D eigenvalue weighted by Crippen LogP contribution is 2.29. The van der Waals surface area contributed by atoms with Gasteiger partial charge >= 0.3 is 0 Å². The molecule has 106 valence electrons. The molecule has 0 aliphatic heterocycles. The van der Waals surface area contributed by atoms with E-state index in [1.807, 2.05) is 7.05 Å². The number of carbonyl (C=O) groups is 1. The van der Waals surface area contributed by atoms with Crippen LogP contribution in [-0.4, -0.2) is 19.5 Å². The van der Waals surface area contributed by atoms with Crippen LogP contribution in [0.4, 0.5) is 5.69 Å². The van der Waals surface area contributed by atoms with Crippen molar-refractivity contribution in [2.45, 2.75) is 46.5 Å². The zero-order valence-corrected chi connectivity index (χ0v) is 13.0. The molecule has 0 aliphatic rings. The molecule has 2 N–H and O–H groups in total. The highest BCUT2D eigenvalue weighted by molar-refractivity contribution is 5.92. The lowest BCUT2D eigenvalue weighted by Crippen LogP contribution is -2.20. The number of anilines is 1. The molecule has 0 aromatic heterocycles. The van der Waals surface area contributed by atoms with Crippen molar-refractivity contribution in [1.82, 2.24) is 5.32 Å². The van der Waals surface area contributed by atoms with E-state index >= 15 is 0 Å². The second kappa shape index (κ2) is 6.20. The number of benzene rings is 1. The fourth-order valence-corrected chi connectivity index (χ4v) is 2.03. The maximum Gasteiger partial charge on any atom is 0.225 e. The Labute approximate surface area is 116 Å². The van der Waals surface area contributed by atoms with E-state index in [0.29, 0.717) is 13.0 Å². The van der Waals surface area contributed by atoms with Crippen molar-refractivity contribution in [3.8, 4) is 0 Å². The van der Waals surface area contributed by atoms with E-state index in [0.717, 1.165) is 16.8 Å². The molecular weight excluding hydrogens is 236 g/mol. The van der Waals surface area contributed by atoms with Gasteiger partial charge in [0.1, 0.15) is 0 Å². The summed E-state index contributed by atoms with van der Waals surface area (Å²) in [5.41, 5.74) is 4.64. The number of aryl methyl sites for hydroxylation is 2. The van der Waals surface area contributed by atoms with Gasteiger partial charge in [-0.25, -0.2) is 0 Å². The van der Waals surface area contributed by atoms with Gasteiger partial charge in [-0.05, 0) is 43.0 Å². The number of rotatable bonds is 4. The van der Waals surface area contributed by atoms with Gasteiger partial charge in [0.05, 0.1) is 0 Å². The maximum absolute atomic E-state index is 11.8. The van der Waals surface area contributed by atoms with Gasteiger partial charge < -0.3 is 10.6 Å².